The monoisotopic (exact) mass is 491 g/mol. The second-order valence-electron chi connectivity index (χ2n) is 9.32. The van der Waals surface area contributed by atoms with Crippen LogP contribution in [-0.4, -0.2) is 17.5 Å². The van der Waals surface area contributed by atoms with E-state index in [0.29, 0.717) is 12.1 Å². The van der Waals surface area contributed by atoms with Gasteiger partial charge in [0.1, 0.15) is 5.76 Å². The van der Waals surface area contributed by atoms with Crippen LogP contribution in [-0.2, 0) is 11.2 Å². The van der Waals surface area contributed by atoms with Crippen LogP contribution in [0.1, 0.15) is 62.9 Å². The van der Waals surface area contributed by atoms with Gasteiger partial charge < -0.3 is 9.73 Å². The van der Waals surface area contributed by atoms with Gasteiger partial charge in [0.2, 0.25) is 0 Å². The van der Waals surface area contributed by atoms with Crippen LogP contribution in [0.25, 0.3) is 0 Å². The molecule has 1 aliphatic carbocycles. The highest BCUT2D eigenvalue weighted by Gasteiger charge is 2.29. The fraction of sp³-hybridized carbons (Fsp3) is 0.194. The molecule has 6 heteroatoms. The number of benzene rings is 3. The van der Waals surface area contributed by atoms with E-state index in [1.807, 2.05) is 98.8 Å². The van der Waals surface area contributed by atoms with Crippen LogP contribution in [0.3, 0.4) is 0 Å². The third kappa shape index (κ3) is 5.23. The maximum Gasteiger partial charge on any atom is 0.291 e. The van der Waals surface area contributed by atoms with Crippen molar-refractivity contribution in [3.05, 3.63) is 124 Å². The zero-order valence-electron chi connectivity index (χ0n) is 21.0. The number of carbonyl (C=O) groups excluding carboxylic acids is 2. The van der Waals surface area contributed by atoms with Gasteiger partial charge in [-0.2, -0.15) is 5.10 Å². The standard InChI is InChI=1S/C31H29N3O3/c1-20-11-9-16-24(19-20)32-31(36)29-21(2)27-25(17-10-18-26(27)37-29)33-34-30(35)28(22-12-5-3-6-13-22)23-14-7-4-8-15-23/h3-9,11-16,19,28H,10,17-18H2,1-2H3,(H,32,36)(H,34,35)/b33-25+. The Morgan fingerprint density at radius 2 is 1.54 bits per heavy atom. The largest absolute Gasteiger partial charge is 0.455 e. The number of rotatable bonds is 6. The van der Waals surface area contributed by atoms with E-state index in [0.717, 1.165) is 52.1 Å². The molecule has 0 fully saturated rings. The number of anilines is 1. The minimum atomic E-state index is -0.490. The number of fused-ring (bicyclic) bond motifs is 1. The Labute approximate surface area is 216 Å². The van der Waals surface area contributed by atoms with Crippen molar-refractivity contribution in [2.45, 2.75) is 39.0 Å². The lowest BCUT2D eigenvalue weighted by molar-refractivity contribution is -0.121. The summed E-state index contributed by atoms with van der Waals surface area (Å²) in [6.45, 7) is 3.84. The second-order valence-corrected chi connectivity index (χ2v) is 9.32. The Hall–Kier alpha value is -4.45. The molecule has 0 spiro atoms. The molecule has 0 saturated heterocycles. The lowest BCUT2D eigenvalue weighted by Crippen LogP contribution is -2.28. The van der Waals surface area contributed by atoms with Gasteiger partial charge in [-0.15, -0.1) is 0 Å². The van der Waals surface area contributed by atoms with Gasteiger partial charge in [-0.05, 0) is 55.5 Å². The summed E-state index contributed by atoms with van der Waals surface area (Å²) in [6, 6.07) is 27.0. The summed E-state index contributed by atoms with van der Waals surface area (Å²) in [5.41, 5.74) is 8.65. The van der Waals surface area contributed by atoms with Gasteiger partial charge in [0.15, 0.2) is 5.76 Å². The number of amides is 2. The Bertz CT molecular complexity index is 1420. The topological polar surface area (TPSA) is 83.7 Å². The van der Waals surface area contributed by atoms with Gasteiger partial charge in [0.25, 0.3) is 11.8 Å². The summed E-state index contributed by atoms with van der Waals surface area (Å²) < 4.78 is 6.02. The zero-order valence-corrected chi connectivity index (χ0v) is 21.0. The Morgan fingerprint density at radius 3 is 2.19 bits per heavy atom. The molecular weight excluding hydrogens is 462 g/mol. The van der Waals surface area contributed by atoms with Crippen LogP contribution in [0.15, 0.2) is 94.4 Å². The van der Waals surface area contributed by atoms with E-state index in [2.05, 4.69) is 15.8 Å². The van der Waals surface area contributed by atoms with Gasteiger partial charge in [0, 0.05) is 23.2 Å². The lowest BCUT2D eigenvalue weighted by Gasteiger charge is -2.18. The normalized spacial score (nSPS) is 13.9. The molecule has 4 aromatic rings. The van der Waals surface area contributed by atoms with Gasteiger partial charge >= 0.3 is 0 Å². The highest BCUT2D eigenvalue weighted by molar-refractivity contribution is 6.09. The molecular formula is C31H29N3O3. The molecule has 37 heavy (non-hydrogen) atoms. The average Bonchev–Trinajstić information content (AvgIpc) is 3.26. The maximum absolute atomic E-state index is 13.4. The molecule has 2 amide bonds. The fourth-order valence-electron chi connectivity index (χ4n) is 4.88. The maximum atomic E-state index is 13.4. The van der Waals surface area contributed by atoms with Crippen molar-refractivity contribution in [3.8, 4) is 0 Å². The number of hydrogen-bond donors (Lipinski definition) is 2. The lowest BCUT2D eigenvalue weighted by atomic mass is 9.90. The van der Waals surface area contributed by atoms with Crippen LogP contribution in [0.5, 0.6) is 0 Å². The summed E-state index contributed by atoms with van der Waals surface area (Å²) in [5.74, 6) is 0.00769. The molecule has 0 saturated carbocycles. The van der Waals surface area contributed by atoms with Gasteiger partial charge in [-0.3, -0.25) is 9.59 Å². The van der Waals surface area contributed by atoms with E-state index >= 15 is 0 Å². The van der Waals surface area contributed by atoms with E-state index in [-0.39, 0.29) is 17.6 Å². The molecule has 186 valence electrons. The molecule has 6 nitrogen and oxygen atoms in total. The third-order valence-corrected chi connectivity index (χ3v) is 6.64. The predicted molar refractivity (Wildman–Crippen MR) is 145 cm³/mol. The number of furan rings is 1. The quantitative estimate of drug-likeness (QED) is 0.318. The first-order valence-corrected chi connectivity index (χ1v) is 12.5. The van der Waals surface area contributed by atoms with Gasteiger partial charge in [-0.1, -0.05) is 72.8 Å². The van der Waals surface area contributed by atoms with Crippen LogP contribution in [0, 0.1) is 13.8 Å². The highest BCUT2D eigenvalue weighted by atomic mass is 16.4. The molecule has 2 N–H and O–H groups in total. The number of carbonyl (C=O) groups is 2. The van der Waals surface area contributed by atoms with E-state index in [4.69, 9.17) is 4.42 Å². The number of hydrazone groups is 1. The Kier molecular flexibility index (Phi) is 6.99. The molecule has 0 bridgehead atoms. The molecule has 0 aliphatic heterocycles. The van der Waals surface area contributed by atoms with E-state index < -0.39 is 5.92 Å². The minimum absolute atomic E-state index is 0.212. The van der Waals surface area contributed by atoms with Crippen LogP contribution in [0.2, 0.25) is 0 Å². The molecule has 1 heterocycles. The van der Waals surface area contributed by atoms with Crippen molar-refractivity contribution in [2.75, 3.05) is 5.32 Å². The van der Waals surface area contributed by atoms with Crippen LogP contribution < -0.4 is 10.7 Å². The van der Waals surface area contributed by atoms with Crippen molar-refractivity contribution in [1.82, 2.24) is 5.43 Å². The molecule has 5 rings (SSSR count). The first-order chi connectivity index (χ1) is 18.0. The van der Waals surface area contributed by atoms with Crippen LogP contribution >= 0.6 is 0 Å². The van der Waals surface area contributed by atoms with E-state index in [9.17, 15) is 9.59 Å². The number of hydrogen-bond acceptors (Lipinski definition) is 4. The van der Waals surface area contributed by atoms with E-state index in [1.54, 1.807) is 0 Å². The predicted octanol–water partition coefficient (Wildman–Crippen LogP) is 6.14. The summed E-state index contributed by atoms with van der Waals surface area (Å²) in [4.78, 5) is 26.4. The smallest absolute Gasteiger partial charge is 0.291 e. The molecule has 0 atom stereocenters. The third-order valence-electron chi connectivity index (χ3n) is 6.64. The van der Waals surface area contributed by atoms with Crippen molar-refractivity contribution >= 4 is 23.2 Å². The summed E-state index contributed by atoms with van der Waals surface area (Å²) in [6.07, 6.45) is 2.24. The Balaban J connectivity index is 1.40. The fourth-order valence-corrected chi connectivity index (χ4v) is 4.88. The molecule has 1 aromatic heterocycles. The van der Waals surface area contributed by atoms with E-state index in [1.165, 1.54) is 0 Å². The first kappa shape index (κ1) is 24.3. The van der Waals surface area contributed by atoms with Crippen molar-refractivity contribution in [1.29, 1.82) is 0 Å². The molecule has 3 aromatic carbocycles. The number of nitrogens with one attached hydrogen (secondary N) is 2. The highest BCUT2D eigenvalue weighted by Crippen LogP contribution is 2.31. The molecule has 0 radical (unpaired) electrons. The molecule has 0 unspecified atom stereocenters. The average molecular weight is 492 g/mol. The minimum Gasteiger partial charge on any atom is -0.455 e. The second kappa shape index (κ2) is 10.7. The first-order valence-electron chi connectivity index (χ1n) is 12.5. The van der Waals surface area contributed by atoms with Gasteiger partial charge in [-0.25, -0.2) is 5.43 Å². The van der Waals surface area contributed by atoms with Crippen molar-refractivity contribution < 1.29 is 14.0 Å². The SMILES string of the molecule is Cc1cccc(NC(=O)c2oc3c(c2C)/C(=N/NC(=O)C(c2ccccc2)c2ccccc2)CCC3)c1. The Morgan fingerprint density at radius 1 is 0.865 bits per heavy atom. The molecule has 1 aliphatic rings. The summed E-state index contributed by atoms with van der Waals surface area (Å²) in [7, 11) is 0. The van der Waals surface area contributed by atoms with Crippen molar-refractivity contribution in [3.63, 3.8) is 0 Å². The van der Waals surface area contributed by atoms with Gasteiger partial charge in [0.05, 0.1) is 11.6 Å². The number of aryl methyl sites for hydroxylation is 2. The van der Waals surface area contributed by atoms with Crippen molar-refractivity contribution in [2.24, 2.45) is 5.10 Å². The van der Waals surface area contributed by atoms with Crippen LogP contribution in [0.4, 0.5) is 5.69 Å². The zero-order chi connectivity index (χ0) is 25.8. The number of nitrogens with zero attached hydrogens (tertiary/aromatic N) is 1. The summed E-state index contributed by atoms with van der Waals surface area (Å²) in [5, 5.41) is 7.47. The summed E-state index contributed by atoms with van der Waals surface area (Å²) >= 11 is 0.